The predicted octanol–water partition coefficient (Wildman–Crippen LogP) is 3.42. The molecule has 4 nitrogen and oxygen atoms in total. The summed E-state index contributed by atoms with van der Waals surface area (Å²) in [6, 6.07) is 6.43. The van der Waals surface area contributed by atoms with Crippen molar-refractivity contribution >= 4 is 17.3 Å². The van der Waals surface area contributed by atoms with E-state index >= 15 is 0 Å². The minimum atomic E-state index is -0.736. The molecular formula is C17H22N2O2S. The van der Waals surface area contributed by atoms with Gasteiger partial charge in [0.25, 0.3) is 0 Å². The monoisotopic (exact) mass is 318 g/mol. The molecule has 1 aromatic heterocycles. The molecule has 1 heterocycles. The fraction of sp³-hybridized carbons (Fsp3) is 0.412. The fourth-order valence-electron chi connectivity index (χ4n) is 2.14. The van der Waals surface area contributed by atoms with Crippen molar-refractivity contribution in [2.75, 3.05) is 13.1 Å². The van der Waals surface area contributed by atoms with Crippen LogP contribution in [0.3, 0.4) is 0 Å². The van der Waals surface area contributed by atoms with Crippen LogP contribution in [0, 0.1) is 13.8 Å². The number of hydrogen-bond donors (Lipinski definition) is 2. The number of thiazole rings is 1. The third-order valence-electron chi connectivity index (χ3n) is 3.61. The van der Waals surface area contributed by atoms with Gasteiger partial charge in [-0.3, -0.25) is 4.79 Å². The molecule has 118 valence electrons. The fourth-order valence-corrected chi connectivity index (χ4v) is 2.95. The van der Waals surface area contributed by atoms with E-state index in [0.717, 1.165) is 30.2 Å². The minimum absolute atomic E-state index is 0.223. The lowest BCUT2D eigenvalue weighted by Gasteiger charge is -2.03. The number of aromatic nitrogens is 1. The van der Waals surface area contributed by atoms with Crippen LogP contribution in [0.4, 0.5) is 0 Å². The minimum Gasteiger partial charge on any atom is -0.481 e. The number of nitrogens with one attached hydrogen (secondary N) is 1. The molecule has 5 heteroatoms. The van der Waals surface area contributed by atoms with Gasteiger partial charge < -0.3 is 10.4 Å². The predicted molar refractivity (Wildman–Crippen MR) is 90.5 cm³/mol. The van der Waals surface area contributed by atoms with E-state index in [1.165, 1.54) is 16.7 Å². The lowest BCUT2D eigenvalue weighted by Crippen LogP contribution is -2.19. The Morgan fingerprint density at radius 1 is 1.27 bits per heavy atom. The van der Waals surface area contributed by atoms with Crippen LogP contribution in [0.15, 0.2) is 23.6 Å². The van der Waals surface area contributed by atoms with Gasteiger partial charge in [-0.1, -0.05) is 12.1 Å². The summed E-state index contributed by atoms with van der Waals surface area (Å²) in [6.07, 6.45) is 1.77. The van der Waals surface area contributed by atoms with Crippen molar-refractivity contribution in [3.05, 3.63) is 39.7 Å². The average molecular weight is 318 g/mol. The van der Waals surface area contributed by atoms with E-state index < -0.39 is 5.97 Å². The van der Waals surface area contributed by atoms with Gasteiger partial charge >= 0.3 is 5.97 Å². The van der Waals surface area contributed by atoms with Crippen LogP contribution in [-0.4, -0.2) is 29.1 Å². The number of hydrogen-bond acceptors (Lipinski definition) is 4. The molecule has 2 rings (SSSR count). The lowest BCUT2D eigenvalue weighted by molar-refractivity contribution is -0.137. The largest absolute Gasteiger partial charge is 0.481 e. The van der Waals surface area contributed by atoms with E-state index in [2.05, 4.69) is 47.7 Å². The summed E-state index contributed by atoms with van der Waals surface area (Å²) in [4.78, 5) is 15.1. The molecule has 0 saturated carbocycles. The molecule has 2 N–H and O–H groups in total. The molecule has 0 atom stereocenters. The second-order valence-electron chi connectivity index (χ2n) is 5.42. The normalized spacial score (nSPS) is 10.8. The first-order valence-corrected chi connectivity index (χ1v) is 8.39. The van der Waals surface area contributed by atoms with Gasteiger partial charge in [0.05, 0.1) is 10.7 Å². The molecule has 0 aliphatic carbocycles. The standard InChI is InChI=1S/C17H22N2O2S/c1-12-5-6-14(10-13(12)2)15-11-22-16(19-15)7-9-18-8-3-4-17(20)21/h5-6,10-11,18H,3-4,7-9H2,1-2H3,(H,20,21). The summed E-state index contributed by atoms with van der Waals surface area (Å²) in [5.41, 5.74) is 4.78. The summed E-state index contributed by atoms with van der Waals surface area (Å²) in [5.74, 6) is -0.736. The number of rotatable bonds is 8. The Labute approximate surface area is 135 Å². The van der Waals surface area contributed by atoms with E-state index in [4.69, 9.17) is 5.11 Å². The van der Waals surface area contributed by atoms with Crippen molar-refractivity contribution in [3.8, 4) is 11.3 Å². The third kappa shape index (κ3) is 4.93. The first-order valence-electron chi connectivity index (χ1n) is 7.51. The topological polar surface area (TPSA) is 62.2 Å². The molecule has 22 heavy (non-hydrogen) atoms. The van der Waals surface area contributed by atoms with Crippen LogP contribution in [0.1, 0.15) is 29.0 Å². The second-order valence-corrected chi connectivity index (χ2v) is 6.37. The maximum atomic E-state index is 10.4. The summed E-state index contributed by atoms with van der Waals surface area (Å²) in [5, 5.41) is 15.0. The van der Waals surface area contributed by atoms with E-state index in [1.54, 1.807) is 11.3 Å². The van der Waals surface area contributed by atoms with Gasteiger partial charge in [-0.15, -0.1) is 11.3 Å². The first-order chi connectivity index (χ1) is 10.6. The summed E-state index contributed by atoms with van der Waals surface area (Å²) >= 11 is 1.68. The average Bonchev–Trinajstić information content (AvgIpc) is 2.94. The smallest absolute Gasteiger partial charge is 0.303 e. The molecule has 0 aliphatic heterocycles. The van der Waals surface area contributed by atoms with Gasteiger partial charge in [-0.25, -0.2) is 4.98 Å². The molecule has 0 radical (unpaired) electrons. The zero-order valence-electron chi connectivity index (χ0n) is 13.1. The van der Waals surface area contributed by atoms with Crippen molar-refractivity contribution in [2.45, 2.75) is 33.1 Å². The zero-order chi connectivity index (χ0) is 15.9. The highest BCUT2D eigenvalue weighted by Gasteiger charge is 2.05. The summed E-state index contributed by atoms with van der Waals surface area (Å²) < 4.78 is 0. The van der Waals surface area contributed by atoms with Crippen molar-refractivity contribution < 1.29 is 9.90 Å². The van der Waals surface area contributed by atoms with Gasteiger partial charge in [0.2, 0.25) is 0 Å². The highest BCUT2D eigenvalue weighted by Crippen LogP contribution is 2.24. The quantitative estimate of drug-likeness (QED) is 0.732. The molecule has 0 fully saturated rings. The second kappa shape index (κ2) is 8.06. The number of aryl methyl sites for hydroxylation is 2. The van der Waals surface area contributed by atoms with Crippen LogP contribution < -0.4 is 5.32 Å². The maximum absolute atomic E-state index is 10.4. The van der Waals surface area contributed by atoms with Crippen LogP contribution in [0.25, 0.3) is 11.3 Å². The van der Waals surface area contributed by atoms with E-state index in [9.17, 15) is 4.79 Å². The third-order valence-corrected chi connectivity index (χ3v) is 4.52. The highest BCUT2D eigenvalue weighted by atomic mass is 32.1. The van der Waals surface area contributed by atoms with Crippen molar-refractivity contribution in [3.63, 3.8) is 0 Å². The van der Waals surface area contributed by atoms with E-state index in [-0.39, 0.29) is 6.42 Å². The molecule has 0 aliphatic rings. The summed E-state index contributed by atoms with van der Waals surface area (Å²) in [6.45, 7) is 5.80. The van der Waals surface area contributed by atoms with Crippen LogP contribution in [0.5, 0.6) is 0 Å². The summed E-state index contributed by atoms with van der Waals surface area (Å²) in [7, 11) is 0. The zero-order valence-corrected chi connectivity index (χ0v) is 13.9. The number of benzene rings is 1. The number of carboxylic acids is 1. The van der Waals surface area contributed by atoms with Gasteiger partial charge in [-0.05, 0) is 44.0 Å². The SMILES string of the molecule is Cc1ccc(-c2csc(CCNCCCC(=O)O)n2)cc1C. The van der Waals surface area contributed by atoms with Crippen LogP contribution in [0.2, 0.25) is 0 Å². The van der Waals surface area contributed by atoms with Crippen LogP contribution >= 0.6 is 11.3 Å². The van der Waals surface area contributed by atoms with Crippen molar-refractivity contribution in [1.82, 2.24) is 10.3 Å². The molecule has 0 amide bonds. The highest BCUT2D eigenvalue weighted by molar-refractivity contribution is 7.09. The Bertz CT molecular complexity index is 637. The molecule has 0 saturated heterocycles. The Morgan fingerprint density at radius 2 is 2.09 bits per heavy atom. The molecule has 0 bridgehead atoms. The Balaban J connectivity index is 1.81. The number of nitrogens with zero attached hydrogens (tertiary/aromatic N) is 1. The number of carbonyl (C=O) groups is 1. The van der Waals surface area contributed by atoms with Crippen molar-refractivity contribution in [1.29, 1.82) is 0 Å². The molecular weight excluding hydrogens is 296 g/mol. The Morgan fingerprint density at radius 3 is 2.82 bits per heavy atom. The first kappa shape index (κ1) is 16.6. The van der Waals surface area contributed by atoms with E-state index in [1.807, 2.05) is 0 Å². The van der Waals surface area contributed by atoms with Crippen molar-refractivity contribution in [2.24, 2.45) is 0 Å². The number of aliphatic carboxylic acids is 1. The molecule has 0 spiro atoms. The van der Waals surface area contributed by atoms with Gasteiger partial charge in [0.1, 0.15) is 0 Å². The molecule has 0 unspecified atom stereocenters. The molecule has 2 aromatic rings. The van der Waals surface area contributed by atoms with Gasteiger partial charge in [0, 0.05) is 30.3 Å². The Hall–Kier alpha value is -1.72. The van der Waals surface area contributed by atoms with E-state index in [0.29, 0.717) is 6.42 Å². The molecule has 1 aromatic carbocycles. The van der Waals surface area contributed by atoms with Gasteiger partial charge in [0.15, 0.2) is 0 Å². The van der Waals surface area contributed by atoms with Gasteiger partial charge in [-0.2, -0.15) is 0 Å². The lowest BCUT2D eigenvalue weighted by atomic mass is 10.1. The number of carboxylic acid groups (broad SMARTS) is 1. The Kier molecular flexibility index (Phi) is 6.10. The van der Waals surface area contributed by atoms with Crippen LogP contribution in [-0.2, 0) is 11.2 Å². The maximum Gasteiger partial charge on any atom is 0.303 e.